The first kappa shape index (κ1) is 26.7. The van der Waals surface area contributed by atoms with Crippen LogP contribution in [0.4, 0.5) is 0 Å². The van der Waals surface area contributed by atoms with Crippen LogP contribution in [0.3, 0.4) is 0 Å². The molecule has 3 aromatic heterocycles. The second-order valence-corrected chi connectivity index (χ2v) is 12.0. The number of hydrogen-bond donors (Lipinski definition) is 1. The Bertz CT molecular complexity index is 2770. The molecule has 0 amide bonds. The lowest BCUT2D eigenvalue weighted by Crippen LogP contribution is -2.34. The maximum atomic E-state index is 6.63. The zero-order valence-electron chi connectivity index (χ0n) is 25.6. The minimum absolute atomic E-state index is 0.479. The van der Waals surface area contributed by atoms with Crippen LogP contribution in [0.15, 0.2) is 165 Å². The first-order chi connectivity index (χ1) is 23.8. The number of pyridine rings is 1. The second kappa shape index (κ2) is 10.5. The van der Waals surface area contributed by atoms with Crippen LogP contribution in [-0.4, -0.2) is 16.7 Å². The van der Waals surface area contributed by atoms with E-state index in [4.69, 9.17) is 23.8 Å². The zero-order chi connectivity index (χ0) is 31.6. The summed E-state index contributed by atoms with van der Waals surface area (Å²) in [5.74, 6) is 1.23. The average Bonchev–Trinajstić information content (AvgIpc) is 3.74. The molecule has 0 bridgehead atoms. The molecule has 0 saturated carbocycles. The number of hydrogen-bond acceptors (Lipinski definition) is 6. The van der Waals surface area contributed by atoms with E-state index in [0.717, 1.165) is 71.5 Å². The lowest BCUT2D eigenvalue weighted by molar-refractivity contribution is 0.628. The fraction of sp³-hybridized carbons (Fsp3) is 0.0238. The van der Waals surface area contributed by atoms with Crippen molar-refractivity contribution in [2.75, 3.05) is 0 Å². The number of fused-ring (bicyclic) bond motifs is 7. The summed E-state index contributed by atoms with van der Waals surface area (Å²) in [6, 6.07) is 47.4. The molecule has 226 valence electrons. The van der Waals surface area contributed by atoms with E-state index in [2.05, 4.69) is 78.1 Å². The number of aliphatic imine (C=N–C) groups is 2. The first-order valence-electron chi connectivity index (χ1n) is 16.0. The van der Waals surface area contributed by atoms with E-state index in [1.54, 1.807) is 0 Å². The molecule has 0 aliphatic carbocycles. The molecule has 1 atom stereocenters. The van der Waals surface area contributed by atoms with E-state index in [0.29, 0.717) is 17.4 Å². The Hall–Kier alpha value is -6.53. The van der Waals surface area contributed by atoms with Gasteiger partial charge in [-0.1, -0.05) is 121 Å². The summed E-state index contributed by atoms with van der Waals surface area (Å²) < 4.78 is 13.1. The van der Waals surface area contributed by atoms with Crippen LogP contribution in [0.1, 0.15) is 23.0 Å². The van der Waals surface area contributed by atoms with Gasteiger partial charge in [0, 0.05) is 39.0 Å². The number of benzene rings is 6. The van der Waals surface area contributed by atoms with Crippen molar-refractivity contribution in [3.8, 4) is 11.1 Å². The van der Waals surface area contributed by atoms with Crippen LogP contribution in [-0.2, 0) is 0 Å². The number of furan rings is 2. The van der Waals surface area contributed by atoms with Gasteiger partial charge in [-0.15, -0.1) is 0 Å². The Balaban J connectivity index is 1.19. The molecule has 4 heterocycles. The Morgan fingerprint density at radius 2 is 1.27 bits per heavy atom. The third kappa shape index (κ3) is 4.16. The maximum Gasteiger partial charge on any atom is 0.159 e. The summed E-state index contributed by atoms with van der Waals surface area (Å²) in [5.41, 5.74) is 7.70. The molecule has 6 heteroatoms. The van der Waals surface area contributed by atoms with Gasteiger partial charge in [0.25, 0.3) is 0 Å². The van der Waals surface area contributed by atoms with Crippen LogP contribution in [0, 0.1) is 0 Å². The Morgan fingerprint density at radius 3 is 2.15 bits per heavy atom. The molecule has 1 N–H and O–H groups in total. The molecule has 0 spiro atoms. The predicted octanol–water partition coefficient (Wildman–Crippen LogP) is 10.2. The number of para-hydroxylation sites is 3. The summed E-state index contributed by atoms with van der Waals surface area (Å²) in [4.78, 5) is 15.4. The first-order valence-corrected chi connectivity index (χ1v) is 16.0. The molecule has 0 fully saturated rings. The molecule has 1 aliphatic rings. The molecular formula is C42H26N4O2. The Labute approximate surface area is 274 Å². The van der Waals surface area contributed by atoms with Crippen molar-refractivity contribution in [1.29, 1.82) is 0 Å². The van der Waals surface area contributed by atoms with Gasteiger partial charge in [-0.2, -0.15) is 0 Å². The van der Waals surface area contributed by atoms with E-state index >= 15 is 0 Å². The standard InChI is InChI=1S/C42H26N4O2/c1-2-12-26(13-3-1)40-44-41(32-18-10-17-30-29-15-6-8-19-34(29)47-38(30)32)46-42(45-40)37-36-31-16-7-9-20-35(31)48-39(36)33(24-43-37)28-22-21-25-11-4-5-14-27(25)23-28/h1-24,41H,(H,44,45,46). The fourth-order valence-electron chi connectivity index (χ4n) is 6.89. The molecular weight excluding hydrogens is 592 g/mol. The van der Waals surface area contributed by atoms with Gasteiger partial charge in [-0.05, 0) is 34.5 Å². The number of aromatic nitrogens is 1. The summed E-state index contributed by atoms with van der Waals surface area (Å²) in [6.45, 7) is 0. The third-order valence-electron chi connectivity index (χ3n) is 9.19. The van der Waals surface area contributed by atoms with Crippen molar-refractivity contribution in [3.63, 3.8) is 0 Å². The van der Waals surface area contributed by atoms with Gasteiger partial charge in [0.15, 0.2) is 17.8 Å². The van der Waals surface area contributed by atoms with E-state index in [1.807, 2.05) is 72.9 Å². The summed E-state index contributed by atoms with van der Waals surface area (Å²) in [6.07, 6.45) is 1.42. The molecule has 6 aromatic carbocycles. The minimum atomic E-state index is -0.479. The van der Waals surface area contributed by atoms with E-state index in [-0.39, 0.29) is 0 Å². The van der Waals surface area contributed by atoms with Gasteiger partial charge < -0.3 is 14.2 Å². The van der Waals surface area contributed by atoms with Crippen LogP contribution in [0.2, 0.25) is 0 Å². The highest BCUT2D eigenvalue weighted by Crippen LogP contribution is 2.39. The highest BCUT2D eigenvalue weighted by Gasteiger charge is 2.28. The van der Waals surface area contributed by atoms with Crippen LogP contribution in [0.25, 0.3) is 65.8 Å². The summed E-state index contributed by atoms with van der Waals surface area (Å²) in [5, 5.41) is 9.99. The number of nitrogens with zero attached hydrogens (tertiary/aromatic N) is 3. The number of nitrogens with one attached hydrogen (secondary N) is 1. The van der Waals surface area contributed by atoms with Crippen molar-refractivity contribution in [2.45, 2.75) is 6.17 Å². The Kier molecular flexibility index (Phi) is 5.84. The quantitative estimate of drug-likeness (QED) is 0.213. The van der Waals surface area contributed by atoms with Crippen LogP contribution in [0.5, 0.6) is 0 Å². The third-order valence-corrected chi connectivity index (χ3v) is 9.19. The molecule has 0 radical (unpaired) electrons. The van der Waals surface area contributed by atoms with E-state index in [1.165, 1.54) is 5.39 Å². The van der Waals surface area contributed by atoms with Crippen LogP contribution < -0.4 is 5.32 Å². The molecule has 1 unspecified atom stereocenters. The monoisotopic (exact) mass is 618 g/mol. The SMILES string of the molecule is c1ccc(C2=NC(c3cccc4c3oc3ccccc34)NC(c3ncc(-c4ccc5ccccc5c4)c4oc5ccccc5c34)=N2)cc1. The lowest BCUT2D eigenvalue weighted by Gasteiger charge is -2.23. The van der Waals surface area contributed by atoms with Crippen LogP contribution >= 0.6 is 0 Å². The average molecular weight is 619 g/mol. The molecule has 10 rings (SSSR count). The predicted molar refractivity (Wildman–Crippen MR) is 194 cm³/mol. The smallest absolute Gasteiger partial charge is 0.159 e. The van der Waals surface area contributed by atoms with Gasteiger partial charge in [0.1, 0.15) is 28.0 Å². The second-order valence-electron chi connectivity index (χ2n) is 12.0. The zero-order valence-corrected chi connectivity index (χ0v) is 25.6. The normalized spacial score (nSPS) is 14.9. The van der Waals surface area contributed by atoms with Gasteiger partial charge >= 0.3 is 0 Å². The Morgan fingerprint density at radius 1 is 0.562 bits per heavy atom. The van der Waals surface area contributed by atoms with E-state index in [9.17, 15) is 0 Å². The molecule has 6 nitrogen and oxygen atoms in total. The molecule has 1 aliphatic heterocycles. The van der Waals surface area contributed by atoms with Crippen molar-refractivity contribution in [1.82, 2.24) is 10.3 Å². The van der Waals surface area contributed by atoms with Crippen molar-refractivity contribution in [3.05, 3.63) is 163 Å². The topological polar surface area (TPSA) is 75.9 Å². The van der Waals surface area contributed by atoms with Gasteiger partial charge in [0.05, 0.1) is 5.39 Å². The van der Waals surface area contributed by atoms with Crippen molar-refractivity contribution >= 4 is 66.3 Å². The van der Waals surface area contributed by atoms with Gasteiger partial charge in [-0.3, -0.25) is 4.98 Å². The fourth-order valence-corrected chi connectivity index (χ4v) is 6.89. The summed E-state index contributed by atoms with van der Waals surface area (Å²) in [7, 11) is 0. The minimum Gasteiger partial charge on any atom is -0.456 e. The van der Waals surface area contributed by atoms with Crippen molar-refractivity contribution < 1.29 is 8.83 Å². The number of rotatable bonds is 4. The highest BCUT2D eigenvalue weighted by molar-refractivity contribution is 6.22. The van der Waals surface area contributed by atoms with E-state index < -0.39 is 6.17 Å². The highest BCUT2D eigenvalue weighted by atomic mass is 16.3. The summed E-state index contributed by atoms with van der Waals surface area (Å²) >= 11 is 0. The maximum absolute atomic E-state index is 6.63. The van der Waals surface area contributed by atoms with Crippen molar-refractivity contribution in [2.24, 2.45) is 9.98 Å². The number of amidine groups is 2. The molecule has 9 aromatic rings. The van der Waals surface area contributed by atoms with Gasteiger partial charge in [-0.25, -0.2) is 9.98 Å². The largest absolute Gasteiger partial charge is 0.456 e. The molecule has 0 saturated heterocycles. The van der Waals surface area contributed by atoms with Gasteiger partial charge in [0.2, 0.25) is 0 Å². The lowest BCUT2D eigenvalue weighted by atomic mass is 9.99. The molecule has 48 heavy (non-hydrogen) atoms.